The minimum Gasteiger partial charge on any atom is -0.343 e. The average Bonchev–Trinajstić information content (AvgIpc) is 1.77. The van der Waals surface area contributed by atoms with Crippen LogP contribution in [-0.4, -0.2) is 239 Å². The van der Waals surface area contributed by atoms with Crippen LogP contribution in [0.4, 0.5) is 13.2 Å². The lowest BCUT2D eigenvalue weighted by Crippen LogP contribution is -2.65. The molecule has 3 unspecified atom stereocenters. The highest BCUT2D eigenvalue weighted by Crippen LogP contribution is 2.44. The first kappa shape index (κ1) is 76.3. The second-order valence-corrected chi connectivity index (χ2v) is 29.5. The number of carbonyl (C=O) groups is 11. The first-order valence-corrected chi connectivity index (χ1v) is 34.9. The highest BCUT2D eigenvalue weighted by atomic mass is 35.5. The Kier molecular flexibility index (Phi) is 27.7. The second-order valence-electron chi connectivity index (χ2n) is 28.9. The summed E-state index contributed by atoms with van der Waals surface area (Å²) in [7, 11) is 8.78. The Morgan fingerprint density at radius 2 is 1.19 bits per heavy atom. The SMILES string of the molecule is CC[C@H](C)[C@@H]1NC(=O)[C@H](CC(C)C)N(C)C(=O)C[C@H]2CCCCN2C(=O)[C@H](C(C)C)N(C)C(=O)C2(CCCC2)NC(=O)[C@@H]2CCCN2C(=O)[C@H](CCC2CCC(C(F)(F)F)C(Cl)C2)NC(=O)CN(C)C(=O)[C@H](CC2CCCCC2)N(C)C(=O)CN(C)C(=O)CN(C)C1=O. The molecular formula is C67H109ClF3N11O11. The normalized spacial score (nSPS) is 30.1. The van der Waals surface area contributed by atoms with Crippen LogP contribution in [0.25, 0.3) is 0 Å². The van der Waals surface area contributed by atoms with Gasteiger partial charge in [-0.3, -0.25) is 52.7 Å². The summed E-state index contributed by atoms with van der Waals surface area (Å²) >= 11 is 6.38. The van der Waals surface area contributed by atoms with E-state index in [0.29, 0.717) is 51.5 Å². The molecule has 0 bridgehead atoms. The van der Waals surface area contributed by atoms with Crippen LogP contribution in [0.3, 0.4) is 0 Å². The molecule has 26 heteroatoms. The number of nitrogens with zero attached hydrogens (tertiary/aromatic N) is 8. The Morgan fingerprint density at radius 3 is 1.81 bits per heavy atom. The molecule has 11 atom stereocenters. The number of fused-ring (bicyclic) bond motifs is 2. The molecular weight excluding hydrogens is 1230 g/mol. The number of nitrogens with one attached hydrogen (secondary N) is 3. The molecule has 6 fully saturated rings. The maximum Gasteiger partial charge on any atom is 0.393 e. The van der Waals surface area contributed by atoms with E-state index in [-0.39, 0.29) is 101 Å². The van der Waals surface area contributed by atoms with Gasteiger partial charge >= 0.3 is 6.18 Å². The Bertz CT molecular complexity index is 2660. The van der Waals surface area contributed by atoms with Gasteiger partial charge < -0.3 is 55.1 Å². The fourth-order valence-electron chi connectivity index (χ4n) is 15.2. The number of hydrogen-bond donors (Lipinski definition) is 3. The maximum absolute atomic E-state index is 15.3. The first-order chi connectivity index (χ1) is 43.7. The van der Waals surface area contributed by atoms with Crippen molar-refractivity contribution in [1.82, 2.24) is 55.1 Å². The molecule has 0 aromatic heterocycles. The second kappa shape index (κ2) is 33.8. The van der Waals surface area contributed by atoms with Crippen molar-refractivity contribution in [1.29, 1.82) is 0 Å². The quantitative estimate of drug-likeness (QED) is 0.211. The van der Waals surface area contributed by atoms with E-state index in [1.807, 2.05) is 34.6 Å². The minimum absolute atomic E-state index is 0.0181. The largest absolute Gasteiger partial charge is 0.393 e. The monoisotopic (exact) mass is 1340 g/mol. The molecule has 11 amide bonds. The molecule has 0 aromatic rings. The van der Waals surface area contributed by atoms with E-state index in [1.54, 1.807) is 18.9 Å². The summed E-state index contributed by atoms with van der Waals surface area (Å²) in [5.41, 5.74) is -1.47. The molecule has 3 saturated heterocycles. The van der Waals surface area contributed by atoms with Crippen molar-refractivity contribution >= 4 is 76.6 Å². The number of piperidine rings is 1. The van der Waals surface area contributed by atoms with Gasteiger partial charge in [0.05, 0.1) is 25.6 Å². The van der Waals surface area contributed by atoms with Gasteiger partial charge in [0.25, 0.3) is 0 Å². The molecule has 526 valence electrons. The fraction of sp³-hybridized carbons (Fsp3) is 0.836. The zero-order valence-corrected chi connectivity index (χ0v) is 58.2. The number of rotatable bonds is 10. The molecule has 22 nitrogen and oxygen atoms in total. The fourth-order valence-corrected chi connectivity index (χ4v) is 15.7. The number of alkyl halides is 4. The molecule has 3 N–H and O–H groups in total. The third kappa shape index (κ3) is 19.5. The van der Waals surface area contributed by atoms with E-state index in [0.717, 1.165) is 37.0 Å². The van der Waals surface area contributed by atoms with Crippen LogP contribution in [0.15, 0.2) is 0 Å². The highest BCUT2D eigenvalue weighted by Gasteiger charge is 2.51. The molecule has 3 aliphatic carbocycles. The van der Waals surface area contributed by atoms with Crippen molar-refractivity contribution in [2.45, 2.75) is 249 Å². The van der Waals surface area contributed by atoms with E-state index >= 15 is 14.4 Å². The molecule has 3 heterocycles. The molecule has 1 spiro atoms. The lowest BCUT2D eigenvalue weighted by molar-refractivity contribution is -0.182. The van der Waals surface area contributed by atoms with Crippen LogP contribution in [-0.2, 0) is 52.7 Å². The summed E-state index contributed by atoms with van der Waals surface area (Å²) < 4.78 is 41.8. The third-order valence-electron chi connectivity index (χ3n) is 21.2. The molecule has 0 aromatic carbocycles. The Labute approximate surface area is 554 Å². The first-order valence-electron chi connectivity index (χ1n) is 34.5. The molecule has 6 aliphatic rings. The van der Waals surface area contributed by atoms with Gasteiger partial charge in [-0.1, -0.05) is 92.9 Å². The van der Waals surface area contributed by atoms with E-state index in [4.69, 9.17) is 11.6 Å². The minimum atomic E-state index is -4.49. The van der Waals surface area contributed by atoms with Crippen molar-refractivity contribution in [2.75, 3.05) is 75.0 Å². The van der Waals surface area contributed by atoms with E-state index in [1.165, 1.54) is 64.6 Å². The van der Waals surface area contributed by atoms with Gasteiger partial charge in [-0.15, -0.1) is 11.6 Å². The summed E-state index contributed by atoms with van der Waals surface area (Å²) in [6, 6.07) is -7.28. The molecule has 3 aliphatic heterocycles. The molecule has 93 heavy (non-hydrogen) atoms. The number of likely N-dealkylation sites (N-methyl/N-ethyl adjacent to an activating group) is 6. The van der Waals surface area contributed by atoms with Gasteiger partial charge in [0.15, 0.2) is 0 Å². The van der Waals surface area contributed by atoms with Gasteiger partial charge in [-0.2, -0.15) is 13.2 Å². The van der Waals surface area contributed by atoms with Crippen molar-refractivity contribution in [3.63, 3.8) is 0 Å². The topological polar surface area (TPSA) is 250 Å². The summed E-state index contributed by atoms with van der Waals surface area (Å²) in [6.07, 6.45) is 4.96. The van der Waals surface area contributed by atoms with Crippen LogP contribution in [0.2, 0.25) is 0 Å². The van der Waals surface area contributed by atoms with Crippen molar-refractivity contribution in [3.8, 4) is 0 Å². The van der Waals surface area contributed by atoms with Crippen molar-refractivity contribution in [3.05, 3.63) is 0 Å². The Hall–Kier alpha value is -5.75. The predicted octanol–water partition coefficient (Wildman–Crippen LogP) is 6.10. The van der Waals surface area contributed by atoms with E-state index in [9.17, 15) is 51.5 Å². The number of amides is 11. The van der Waals surface area contributed by atoms with Gasteiger partial charge in [-0.05, 0) is 119 Å². The number of carbonyl (C=O) groups excluding carboxylic acids is 11. The summed E-state index contributed by atoms with van der Waals surface area (Å²) in [6.45, 7) is 10.00. The van der Waals surface area contributed by atoms with Crippen LogP contribution in [0, 0.1) is 35.5 Å². The smallest absolute Gasteiger partial charge is 0.343 e. The van der Waals surface area contributed by atoms with Gasteiger partial charge in [0.1, 0.15) is 41.8 Å². The van der Waals surface area contributed by atoms with Crippen LogP contribution in [0.1, 0.15) is 189 Å². The Balaban J connectivity index is 1.37. The summed E-state index contributed by atoms with van der Waals surface area (Å²) in [5.74, 6) is -9.12. The maximum atomic E-state index is 15.3. The van der Waals surface area contributed by atoms with Crippen LogP contribution in [0.5, 0.6) is 0 Å². The Morgan fingerprint density at radius 1 is 0.581 bits per heavy atom. The van der Waals surface area contributed by atoms with Crippen molar-refractivity contribution < 1.29 is 65.9 Å². The van der Waals surface area contributed by atoms with E-state index < -0.39 is 156 Å². The van der Waals surface area contributed by atoms with Gasteiger partial charge in [0.2, 0.25) is 65.0 Å². The lowest BCUT2D eigenvalue weighted by atomic mass is 9.78. The highest BCUT2D eigenvalue weighted by molar-refractivity contribution is 6.20. The zero-order valence-electron chi connectivity index (χ0n) is 57.5. The molecule has 6 rings (SSSR count). The molecule has 3 saturated carbocycles. The predicted molar refractivity (Wildman–Crippen MR) is 345 cm³/mol. The van der Waals surface area contributed by atoms with Crippen LogP contribution >= 0.6 is 11.6 Å². The van der Waals surface area contributed by atoms with Crippen molar-refractivity contribution in [2.24, 2.45) is 35.5 Å². The third-order valence-corrected chi connectivity index (χ3v) is 21.7. The standard InChI is InChI=1S/C67H109ClF3N11O11/c1-13-43(6)57-63(91)77(9)39-55(85)75(7)40-56(86)79(11)52(36-44-22-15-14-16-23-44)62(90)76(8)38-53(83)72-49(29-27-45-26-28-47(48(68)35-45)67(69,70)71)61(89)82-33-21-25-50(82)60(88)74-66(30-18-19-31-66)65(93)80(12)58(42(4)5)64(92)81-32-20-17-24-46(81)37-54(84)78(10)51(34-41(2)3)59(87)73-57/h41-52,57-58H,13-40H2,1-12H3,(H,72,83)(H,73,87)(H,74,88)/t43-,45?,46+,47?,48?,49-,50-,51-,52-,57-,58-/m0/s1. The van der Waals surface area contributed by atoms with Crippen LogP contribution < -0.4 is 16.0 Å². The number of halogens is 4. The zero-order chi connectivity index (χ0) is 69.0. The van der Waals surface area contributed by atoms with Gasteiger partial charge in [-0.25, -0.2) is 0 Å². The molecule has 0 radical (unpaired) electrons. The van der Waals surface area contributed by atoms with Gasteiger partial charge in [0, 0.05) is 73.2 Å². The van der Waals surface area contributed by atoms with E-state index in [2.05, 4.69) is 16.0 Å². The summed E-state index contributed by atoms with van der Waals surface area (Å²) in [5, 5.41) is 7.64. The lowest BCUT2D eigenvalue weighted by Gasteiger charge is -2.43. The number of hydrogen-bond acceptors (Lipinski definition) is 11. The average molecular weight is 1340 g/mol. The summed E-state index contributed by atoms with van der Waals surface area (Å²) in [4.78, 5) is 172.